The summed E-state index contributed by atoms with van der Waals surface area (Å²) < 4.78 is 64.4. The highest BCUT2D eigenvalue weighted by molar-refractivity contribution is 9.09. The second-order valence-electron chi connectivity index (χ2n) is 4.97. The van der Waals surface area contributed by atoms with Gasteiger partial charge in [0, 0.05) is 10.4 Å². The van der Waals surface area contributed by atoms with E-state index in [1.807, 2.05) is 0 Å². The molecule has 1 aromatic rings. The zero-order valence-electron chi connectivity index (χ0n) is 11.1. The molecule has 114 valence electrons. The van der Waals surface area contributed by atoms with Crippen LogP contribution in [0.1, 0.15) is 26.3 Å². The van der Waals surface area contributed by atoms with Gasteiger partial charge in [0.1, 0.15) is 0 Å². The van der Waals surface area contributed by atoms with Crippen molar-refractivity contribution in [3.8, 4) is 0 Å². The first-order chi connectivity index (χ1) is 8.86. The Balaban J connectivity index is 3.18. The van der Waals surface area contributed by atoms with Crippen molar-refractivity contribution in [2.45, 2.75) is 42.2 Å². The van der Waals surface area contributed by atoms with Crippen molar-refractivity contribution in [2.75, 3.05) is 0 Å². The van der Waals surface area contributed by atoms with E-state index in [0.717, 1.165) is 18.2 Å². The van der Waals surface area contributed by atoms with Gasteiger partial charge in [0.15, 0.2) is 0 Å². The quantitative estimate of drug-likeness (QED) is 0.820. The molecule has 0 heterocycles. The van der Waals surface area contributed by atoms with Gasteiger partial charge in [-0.15, -0.1) is 0 Å². The van der Waals surface area contributed by atoms with Crippen LogP contribution in [0.5, 0.6) is 0 Å². The highest BCUT2D eigenvalue weighted by Gasteiger charge is 2.34. The second-order valence-corrected chi connectivity index (χ2v) is 8.02. The average molecular weight is 374 g/mol. The molecule has 0 saturated heterocycles. The van der Waals surface area contributed by atoms with E-state index < -0.39 is 32.2 Å². The molecule has 0 aliphatic carbocycles. The predicted molar refractivity (Wildman–Crippen MR) is 74.2 cm³/mol. The van der Waals surface area contributed by atoms with E-state index in [0.29, 0.717) is 6.07 Å². The number of hydrogen-bond donors (Lipinski definition) is 1. The van der Waals surface area contributed by atoms with Gasteiger partial charge in [0.2, 0.25) is 10.0 Å². The fraction of sp³-hybridized carbons (Fsp3) is 0.500. The minimum absolute atomic E-state index is 0.199. The fourth-order valence-electron chi connectivity index (χ4n) is 1.33. The molecule has 1 unspecified atom stereocenters. The lowest BCUT2D eigenvalue weighted by molar-refractivity contribution is -0.137. The van der Waals surface area contributed by atoms with Crippen LogP contribution in [0.3, 0.4) is 0 Å². The van der Waals surface area contributed by atoms with Crippen LogP contribution in [0.2, 0.25) is 0 Å². The van der Waals surface area contributed by atoms with Crippen molar-refractivity contribution in [3.63, 3.8) is 0 Å². The highest BCUT2D eigenvalue weighted by Crippen LogP contribution is 2.31. The maximum atomic E-state index is 12.6. The van der Waals surface area contributed by atoms with Gasteiger partial charge in [-0.05, 0) is 32.0 Å². The molecule has 8 heteroatoms. The van der Waals surface area contributed by atoms with E-state index in [2.05, 4.69) is 20.7 Å². The molecule has 1 N–H and O–H groups in total. The normalized spacial score (nSPS) is 15.2. The Morgan fingerprint density at radius 2 is 1.80 bits per heavy atom. The van der Waals surface area contributed by atoms with Crippen molar-refractivity contribution >= 4 is 26.0 Å². The Hall–Kier alpha value is -0.600. The van der Waals surface area contributed by atoms with Gasteiger partial charge < -0.3 is 0 Å². The summed E-state index contributed by atoms with van der Waals surface area (Å²) in [6.07, 6.45) is -4.58. The average Bonchev–Trinajstić information content (AvgIpc) is 2.26. The maximum Gasteiger partial charge on any atom is 0.416 e. The van der Waals surface area contributed by atoms with Crippen LogP contribution < -0.4 is 4.72 Å². The molecule has 0 spiro atoms. The Morgan fingerprint density at radius 3 is 2.25 bits per heavy atom. The van der Waals surface area contributed by atoms with Crippen molar-refractivity contribution in [1.29, 1.82) is 0 Å². The van der Waals surface area contributed by atoms with E-state index in [4.69, 9.17) is 0 Å². The lowest BCUT2D eigenvalue weighted by atomic mass is 10.0. The number of sulfonamides is 1. The van der Waals surface area contributed by atoms with Crippen LogP contribution in [-0.2, 0) is 16.2 Å². The molecule has 1 rings (SSSR count). The first-order valence-electron chi connectivity index (χ1n) is 5.71. The molecular formula is C12H15BrF3NO2S. The summed E-state index contributed by atoms with van der Waals surface area (Å²) >= 11 is 3.26. The van der Waals surface area contributed by atoms with Crippen LogP contribution in [0, 0.1) is 0 Å². The van der Waals surface area contributed by atoms with Gasteiger partial charge in [-0.1, -0.05) is 28.9 Å². The molecule has 0 saturated carbocycles. The van der Waals surface area contributed by atoms with Crippen LogP contribution in [0.15, 0.2) is 29.2 Å². The molecule has 1 atom stereocenters. The van der Waals surface area contributed by atoms with Gasteiger partial charge in [-0.25, -0.2) is 13.1 Å². The molecule has 0 aromatic heterocycles. The number of halogens is 4. The van der Waals surface area contributed by atoms with E-state index in [-0.39, 0.29) is 4.83 Å². The largest absolute Gasteiger partial charge is 0.416 e. The lowest BCUT2D eigenvalue weighted by Gasteiger charge is -2.28. The van der Waals surface area contributed by atoms with Gasteiger partial charge in [-0.3, -0.25) is 0 Å². The standard InChI is InChI=1S/C12H15BrF3NO2S/c1-8(13)11(2,3)17-20(18,19)10-6-4-5-9(7-10)12(14,15)16/h4-8,17H,1-3H3. The monoisotopic (exact) mass is 373 g/mol. The van der Waals surface area contributed by atoms with Crippen LogP contribution in [0.25, 0.3) is 0 Å². The number of alkyl halides is 4. The van der Waals surface area contributed by atoms with Gasteiger partial charge in [0.05, 0.1) is 10.5 Å². The summed E-state index contributed by atoms with van der Waals surface area (Å²) in [7, 11) is -4.03. The third-order valence-corrected chi connectivity index (χ3v) is 5.68. The minimum atomic E-state index is -4.58. The minimum Gasteiger partial charge on any atom is -0.207 e. The van der Waals surface area contributed by atoms with E-state index >= 15 is 0 Å². The van der Waals surface area contributed by atoms with Crippen molar-refractivity contribution < 1.29 is 21.6 Å². The second kappa shape index (κ2) is 5.65. The summed E-state index contributed by atoms with van der Waals surface area (Å²) in [6, 6.07) is 3.66. The molecule has 0 aliphatic heterocycles. The molecule has 3 nitrogen and oxygen atoms in total. The van der Waals surface area contributed by atoms with Crippen LogP contribution in [-0.4, -0.2) is 18.8 Å². The molecular weight excluding hydrogens is 359 g/mol. The van der Waals surface area contributed by atoms with Gasteiger partial charge in [-0.2, -0.15) is 13.2 Å². The number of hydrogen-bond acceptors (Lipinski definition) is 2. The molecule has 0 fully saturated rings. The first-order valence-corrected chi connectivity index (χ1v) is 8.11. The topological polar surface area (TPSA) is 46.2 Å². The number of rotatable bonds is 4. The Morgan fingerprint density at radius 1 is 1.25 bits per heavy atom. The summed E-state index contributed by atoms with van der Waals surface area (Å²) in [5.41, 5.74) is -1.84. The smallest absolute Gasteiger partial charge is 0.207 e. The highest BCUT2D eigenvalue weighted by atomic mass is 79.9. The van der Waals surface area contributed by atoms with Crippen LogP contribution >= 0.6 is 15.9 Å². The van der Waals surface area contributed by atoms with Crippen molar-refractivity contribution in [3.05, 3.63) is 29.8 Å². The molecule has 0 amide bonds. The Kier molecular flexibility index (Phi) is 4.93. The maximum absolute atomic E-state index is 12.6. The third kappa shape index (κ3) is 4.20. The summed E-state index contributed by atoms with van der Waals surface area (Å²) in [6.45, 7) is 5.02. The molecule has 0 bridgehead atoms. The molecule has 0 aliphatic rings. The van der Waals surface area contributed by atoms with Gasteiger partial charge >= 0.3 is 6.18 Å². The Bertz CT molecular complexity index is 583. The molecule has 20 heavy (non-hydrogen) atoms. The molecule has 1 aromatic carbocycles. The predicted octanol–water partition coefficient (Wildman–Crippen LogP) is 3.55. The van der Waals surface area contributed by atoms with E-state index in [1.54, 1.807) is 20.8 Å². The van der Waals surface area contributed by atoms with Crippen molar-refractivity contribution in [1.82, 2.24) is 4.72 Å². The zero-order valence-corrected chi connectivity index (χ0v) is 13.5. The van der Waals surface area contributed by atoms with Crippen molar-refractivity contribution in [2.24, 2.45) is 0 Å². The summed E-state index contributed by atoms with van der Waals surface area (Å²) in [4.78, 5) is -0.607. The summed E-state index contributed by atoms with van der Waals surface area (Å²) in [5, 5.41) is 0. The lowest BCUT2D eigenvalue weighted by Crippen LogP contribution is -2.48. The zero-order chi connectivity index (χ0) is 15.8. The summed E-state index contributed by atoms with van der Waals surface area (Å²) in [5.74, 6) is 0. The van der Waals surface area contributed by atoms with E-state index in [1.165, 1.54) is 0 Å². The van der Waals surface area contributed by atoms with E-state index in [9.17, 15) is 21.6 Å². The first kappa shape index (κ1) is 17.5. The SMILES string of the molecule is CC(Br)C(C)(C)NS(=O)(=O)c1cccc(C(F)(F)F)c1. The number of benzene rings is 1. The third-order valence-electron chi connectivity index (χ3n) is 2.86. The number of nitrogens with one attached hydrogen (secondary N) is 1. The fourth-order valence-corrected chi connectivity index (χ4v) is 3.12. The van der Waals surface area contributed by atoms with Crippen LogP contribution in [0.4, 0.5) is 13.2 Å². The Labute approximate surface area is 124 Å². The molecule has 0 radical (unpaired) electrons. The van der Waals surface area contributed by atoms with Gasteiger partial charge in [0.25, 0.3) is 0 Å².